The lowest BCUT2D eigenvalue weighted by Crippen LogP contribution is -2.49. The number of amides is 2. The first-order valence-corrected chi connectivity index (χ1v) is 17.6. The standard InChI is InChI=1S/C42H42N8O4/c43-38(51)36(25-14-26-46-40(44)45)47(39(52)37(32-17-5-1-6-18-32)33-19-7-2-8-20-33)28-30-15-13-16-31(27-30)29-48-41(53)49(34-21-9-3-10-22-34)50(42(48)54)35-23-11-4-12-24-35/h1-13,15-24,27,36-37H,14,25-26,28-29H2,(H2,43,51)(H4,44,45,46)/t36-/m1/s1. The Hall–Kier alpha value is -6.95. The smallest absolute Gasteiger partial charge is 0.352 e. The van der Waals surface area contributed by atoms with Crippen LogP contribution < -0.4 is 28.6 Å². The van der Waals surface area contributed by atoms with Crippen molar-refractivity contribution in [2.24, 2.45) is 22.2 Å². The molecule has 6 rings (SSSR count). The number of carbonyl (C=O) groups is 2. The molecule has 54 heavy (non-hydrogen) atoms. The van der Waals surface area contributed by atoms with Crippen LogP contribution in [0.2, 0.25) is 0 Å². The number of carbonyl (C=O) groups excluding carboxylic acids is 2. The van der Waals surface area contributed by atoms with Crippen LogP contribution in [0.4, 0.5) is 0 Å². The highest BCUT2D eigenvalue weighted by Crippen LogP contribution is 2.29. The molecule has 1 atom stereocenters. The third-order valence-corrected chi connectivity index (χ3v) is 9.14. The van der Waals surface area contributed by atoms with E-state index in [4.69, 9.17) is 17.2 Å². The molecule has 0 fully saturated rings. The largest absolute Gasteiger partial charge is 0.370 e. The lowest BCUT2D eigenvalue weighted by atomic mass is 9.89. The summed E-state index contributed by atoms with van der Waals surface area (Å²) in [5.41, 5.74) is 20.0. The number of hydrogen-bond acceptors (Lipinski definition) is 5. The van der Waals surface area contributed by atoms with E-state index in [2.05, 4.69) is 4.99 Å². The average Bonchev–Trinajstić information content (AvgIpc) is 3.43. The van der Waals surface area contributed by atoms with Gasteiger partial charge < -0.3 is 22.1 Å². The summed E-state index contributed by atoms with van der Waals surface area (Å²) in [5, 5.41) is 0. The maximum Gasteiger partial charge on any atom is 0.352 e. The summed E-state index contributed by atoms with van der Waals surface area (Å²) in [6, 6.07) is 43.0. The molecular weight excluding hydrogens is 681 g/mol. The first-order chi connectivity index (χ1) is 26.2. The molecule has 6 N–H and O–H groups in total. The molecule has 0 radical (unpaired) electrons. The van der Waals surface area contributed by atoms with Crippen molar-refractivity contribution in [3.05, 3.63) is 189 Å². The molecule has 12 nitrogen and oxygen atoms in total. The van der Waals surface area contributed by atoms with Gasteiger partial charge in [-0.2, -0.15) is 9.36 Å². The van der Waals surface area contributed by atoms with Gasteiger partial charge in [0, 0.05) is 13.1 Å². The van der Waals surface area contributed by atoms with Crippen molar-refractivity contribution in [2.75, 3.05) is 6.54 Å². The average molecular weight is 723 g/mol. The Balaban J connectivity index is 1.39. The third-order valence-electron chi connectivity index (χ3n) is 9.14. The van der Waals surface area contributed by atoms with Crippen LogP contribution in [0.15, 0.2) is 160 Å². The number of para-hydroxylation sites is 2. The second-order valence-corrected chi connectivity index (χ2v) is 12.9. The Morgan fingerprint density at radius 2 is 1.11 bits per heavy atom. The van der Waals surface area contributed by atoms with Crippen molar-refractivity contribution in [1.82, 2.24) is 18.8 Å². The Labute approximate surface area is 312 Å². The van der Waals surface area contributed by atoms with Crippen molar-refractivity contribution in [3.63, 3.8) is 0 Å². The van der Waals surface area contributed by atoms with Gasteiger partial charge in [0.15, 0.2) is 5.96 Å². The summed E-state index contributed by atoms with van der Waals surface area (Å²) in [4.78, 5) is 61.6. The van der Waals surface area contributed by atoms with Gasteiger partial charge >= 0.3 is 11.4 Å². The molecule has 12 heteroatoms. The van der Waals surface area contributed by atoms with E-state index in [9.17, 15) is 19.2 Å². The molecule has 0 aliphatic carbocycles. The van der Waals surface area contributed by atoms with Gasteiger partial charge in [0.05, 0.1) is 23.8 Å². The minimum Gasteiger partial charge on any atom is -0.370 e. The summed E-state index contributed by atoms with van der Waals surface area (Å²) in [6.45, 7) is 0.232. The Bertz CT molecular complexity index is 2220. The van der Waals surface area contributed by atoms with Gasteiger partial charge in [-0.3, -0.25) is 14.6 Å². The Morgan fingerprint density at radius 1 is 0.630 bits per heavy atom. The van der Waals surface area contributed by atoms with Crippen LogP contribution in [0.25, 0.3) is 11.4 Å². The molecule has 0 saturated heterocycles. The van der Waals surface area contributed by atoms with Gasteiger partial charge in [-0.25, -0.2) is 14.2 Å². The molecule has 0 saturated carbocycles. The molecule has 0 aliphatic rings. The number of nitrogens with two attached hydrogens (primary N) is 3. The monoisotopic (exact) mass is 722 g/mol. The molecule has 0 unspecified atom stereocenters. The highest BCUT2D eigenvalue weighted by Gasteiger charge is 2.34. The molecule has 0 bridgehead atoms. The second-order valence-electron chi connectivity index (χ2n) is 12.9. The fourth-order valence-electron chi connectivity index (χ4n) is 6.63. The molecular formula is C42H42N8O4. The van der Waals surface area contributed by atoms with Crippen LogP contribution in [-0.2, 0) is 22.7 Å². The summed E-state index contributed by atoms with van der Waals surface area (Å²) in [7, 11) is 0. The van der Waals surface area contributed by atoms with Crippen molar-refractivity contribution in [3.8, 4) is 11.4 Å². The Morgan fingerprint density at radius 3 is 1.59 bits per heavy atom. The fourth-order valence-corrected chi connectivity index (χ4v) is 6.63. The van der Waals surface area contributed by atoms with E-state index >= 15 is 0 Å². The van der Waals surface area contributed by atoms with E-state index in [-0.39, 0.29) is 37.9 Å². The molecule has 2 amide bonds. The number of primary amides is 1. The van der Waals surface area contributed by atoms with Crippen molar-refractivity contribution in [1.29, 1.82) is 0 Å². The van der Waals surface area contributed by atoms with Gasteiger partial charge in [0.2, 0.25) is 11.8 Å². The Kier molecular flexibility index (Phi) is 11.6. The summed E-state index contributed by atoms with van der Waals surface area (Å²) >= 11 is 0. The van der Waals surface area contributed by atoms with Gasteiger partial charge in [-0.15, -0.1) is 0 Å². The lowest BCUT2D eigenvalue weighted by Gasteiger charge is -2.33. The lowest BCUT2D eigenvalue weighted by molar-refractivity contribution is -0.141. The zero-order valence-electron chi connectivity index (χ0n) is 29.6. The number of aliphatic imine (C=N–C) groups is 1. The van der Waals surface area contributed by atoms with E-state index in [1.165, 1.54) is 18.8 Å². The molecule has 5 aromatic carbocycles. The fraction of sp³-hybridized carbons (Fsp3) is 0.167. The quantitative estimate of drug-likeness (QED) is 0.0823. The number of rotatable bonds is 15. The maximum atomic E-state index is 14.9. The predicted octanol–water partition coefficient (Wildman–Crippen LogP) is 3.91. The first kappa shape index (κ1) is 36.8. The van der Waals surface area contributed by atoms with Crippen LogP contribution in [0.3, 0.4) is 0 Å². The number of nitrogens with zero attached hydrogens (tertiary/aromatic N) is 5. The van der Waals surface area contributed by atoms with Crippen LogP contribution in [0.1, 0.15) is 41.0 Å². The van der Waals surface area contributed by atoms with Crippen molar-refractivity contribution < 1.29 is 9.59 Å². The van der Waals surface area contributed by atoms with Crippen molar-refractivity contribution >= 4 is 17.8 Å². The molecule has 6 aromatic rings. The van der Waals surface area contributed by atoms with E-state index in [0.29, 0.717) is 28.9 Å². The predicted molar refractivity (Wildman–Crippen MR) is 209 cm³/mol. The second kappa shape index (κ2) is 17.0. The normalized spacial score (nSPS) is 11.6. The molecule has 0 aliphatic heterocycles. The topological polar surface area (TPSA) is 177 Å². The molecule has 274 valence electrons. The number of guanidine groups is 1. The summed E-state index contributed by atoms with van der Waals surface area (Å²) < 4.78 is 3.89. The highest BCUT2D eigenvalue weighted by molar-refractivity contribution is 5.92. The highest BCUT2D eigenvalue weighted by atomic mass is 16.2. The SMILES string of the molecule is NC(=O)[C@@H](CCCN=C(N)N)N(Cc1cccc(Cn2c(=O)n(-c3ccccc3)n(-c3ccccc3)c2=O)c1)C(=O)C(c1ccccc1)c1ccccc1. The molecule has 1 heterocycles. The molecule has 1 aromatic heterocycles. The minimum atomic E-state index is -0.995. The number of benzene rings is 5. The summed E-state index contributed by atoms with van der Waals surface area (Å²) in [6.07, 6.45) is 0.612. The van der Waals surface area contributed by atoms with Crippen LogP contribution in [-0.4, -0.2) is 49.2 Å². The van der Waals surface area contributed by atoms with E-state index in [0.717, 1.165) is 11.1 Å². The molecule has 0 spiro atoms. The van der Waals surface area contributed by atoms with Gasteiger partial charge in [0.1, 0.15) is 6.04 Å². The number of hydrogen-bond donors (Lipinski definition) is 3. The van der Waals surface area contributed by atoms with Crippen molar-refractivity contribution in [2.45, 2.75) is 37.9 Å². The summed E-state index contributed by atoms with van der Waals surface area (Å²) in [5.74, 6) is -1.79. The van der Waals surface area contributed by atoms with Crippen LogP contribution in [0.5, 0.6) is 0 Å². The van der Waals surface area contributed by atoms with Crippen LogP contribution in [0, 0.1) is 0 Å². The van der Waals surface area contributed by atoms with Gasteiger partial charge in [0.25, 0.3) is 0 Å². The minimum absolute atomic E-state index is 0.0208. The van der Waals surface area contributed by atoms with E-state index in [1.807, 2.05) is 91.0 Å². The first-order valence-electron chi connectivity index (χ1n) is 17.6. The maximum absolute atomic E-state index is 14.9. The van der Waals surface area contributed by atoms with E-state index in [1.54, 1.807) is 54.6 Å². The third kappa shape index (κ3) is 8.39. The van der Waals surface area contributed by atoms with E-state index < -0.39 is 29.2 Å². The number of aromatic nitrogens is 3. The zero-order valence-corrected chi connectivity index (χ0v) is 29.6. The van der Waals surface area contributed by atoms with Gasteiger partial charge in [-0.05, 0) is 59.4 Å². The zero-order chi connectivity index (χ0) is 38.0. The van der Waals surface area contributed by atoms with Crippen LogP contribution >= 0.6 is 0 Å². The van der Waals surface area contributed by atoms with Gasteiger partial charge in [-0.1, -0.05) is 121 Å².